The van der Waals surface area contributed by atoms with Gasteiger partial charge in [-0.25, -0.2) is 0 Å². The zero-order chi connectivity index (χ0) is 13.9. The molecule has 3 rings (SSSR count). The largest absolute Gasteiger partial charge is 0.398 e. The molecule has 20 heavy (non-hydrogen) atoms. The average molecular weight is 283 g/mol. The lowest BCUT2D eigenvalue weighted by molar-refractivity contribution is 0.796. The van der Waals surface area contributed by atoms with Crippen LogP contribution in [-0.2, 0) is 13.0 Å². The number of thiophene rings is 1. The third-order valence-corrected chi connectivity index (χ3v) is 4.38. The first-order valence-corrected chi connectivity index (χ1v) is 7.75. The van der Waals surface area contributed by atoms with E-state index < -0.39 is 0 Å². The van der Waals surface area contributed by atoms with E-state index in [-0.39, 0.29) is 0 Å². The van der Waals surface area contributed by atoms with E-state index in [1.807, 2.05) is 6.07 Å². The molecule has 0 amide bonds. The smallest absolute Gasteiger partial charge is 0.0670 e. The van der Waals surface area contributed by atoms with Gasteiger partial charge >= 0.3 is 0 Å². The van der Waals surface area contributed by atoms with E-state index in [2.05, 4.69) is 39.9 Å². The van der Waals surface area contributed by atoms with Gasteiger partial charge in [-0.3, -0.25) is 0 Å². The Morgan fingerprint density at radius 3 is 2.85 bits per heavy atom. The minimum Gasteiger partial charge on any atom is -0.398 e. The van der Waals surface area contributed by atoms with E-state index in [0.29, 0.717) is 18.2 Å². The Bertz CT molecular complexity index is 624. The Labute approximate surface area is 123 Å². The van der Waals surface area contributed by atoms with Crippen molar-refractivity contribution in [3.63, 3.8) is 0 Å². The summed E-state index contributed by atoms with van der Waals surface area (Å²) in [6, 6.07) is 11.1. The summed E-state index contributed by atoms with van der Waals surface area (Å²) < 4.78 is 0. The van der Waals surface area contributed by atoms with Crippen molar-refractivity contribution >= 4 is 22.7 Å². The summed E-state index contributed by atoms with van der Waals surface area (Å²) in [5.41, 5.74) is 10.1. The third kappa shape index (κ3) is 2.78. The van der Waals surface area contributed by atoms with Crippen LogP contribution in [0.4, 0.5) is 11.4 Å². The van der Waals surface area contributed by atoms with Crippen LogP contribution in [0.5, 0.6) is 0 Å². The van der Waals surface area contributed by atoms with Gasteiger partial charge in [-0.2, -0.15) is 16.6 Å². The second-order valence-corrected chi connectivity index (χ2v) is 5.99. The quantitative estimate of drug-likeness (QED) is 0.854. The van der Waals surface area contributed by atoms with Crippen LogP contribution in [0.1, 0.15) is 24.0 Å². The lowest BCUT2D eigenvalue weighted by atomic mass is 10.1. The van der Waals surface area contributed by atoms with Crippen molar-refractivity contribution in [1.29, 1.82) is 5.26 Å². The maximum atomic E-state index is 8.88. The van der Waals surface area contributed by atoms with E-state index >= 15 is 0 Å². The number of nitrogens with two attached hydrogens (primary N) is 1. The van der Waals surface area contributed by atoms with Crippen molar-refractivity contribution in [1.82, 2.24) is 0 Å². The van der Waals surface area contributed by atoms with Gasteiger partial charge in [0.05, 0.1) is 12.5 Å². The van der Waals surface area contributed by atoms with Crippen LogP contribution in [0, 0.1) is 11.3 Å². The van der Waals surface area contributed by atoms with Crippen molar-refractivity contribution in [3.8, 4) is 6.07 Å². The first-order valence-electron chi connectivity index (χ1n) is 6.81. The van der Waals surface area contributed by atoms with Crippen LogP contribution in [0.2, 0.25) is 0 Å². The fourth-order valence-corrected chi connectivity index (χ4v) is 3.07. The van der Waals surface area contributed by atoms with E-state index in [0.717, 1.165) is 12.1 Å². The van der Waals surface area contributed by atoms with Gasteiger partial charge in [0.1, 0.15) is 0 Å². The highest BCUT2D eigenvalue weighted by Gasteiger charge is 2.29. The monoisotopic (exact) mass is 283 g/mol. The van der Waals surface area contributed by atoms with Crippen LogP contribution in [-0.4, -0.2) is 6.04 Å². The predicted octanol–water partition coefficient (Wildman–Crippen LogP) is 3.57. The van der Waals surface area contributed by atoms with Crippen molar-refractivity contribution in [3.05, 3.63) is 46.2 Å². The number of nitrogens with zero attached hydrogens (tertiary/aromatic N) is 2. The number of nitrogen functional groups attached to an aromatic ring is 1. The molecule has 2 aromatic rings. The fraction of sp³-hybridized carbons (Fsp3) is 0.312. The lowest BCUT2D eigenvalue weighted by Crippen LogP contribution is -2.24. The Balaban J connectivity index is 1.87. The van der Waals surface area contributed by atoms with Crippen molar-refractivity contribution in [2.75, 3.05) is 10.6 Å². The van der Waals surface area contributed by atoms with Crippen LogP contribution >= 0.6 is 11.3 Å². The number of rotatable bonds is 5. The predicted molar refractivity (Wildman–Crippen MR) is 83.7 cm³/mol. The Kier molecular flexibility index (Phi) is 3.62. The van der Waals surface area contributed by atoms with Crippen molar-refractivity contribution in [2.24, 2.45) is 0 Å². The molecule has 1 aromatic heterocycles. The second kappa shape index (κ2) is 5.56. The molecule has 0 bridgehead atoms. The second-order valence-electron chi connectivity index (χ2n) is 5.21. The maximum Gasteiger partial charge on any atom is 0.0670 e. The molecule has 1 heterocycles. The van der Waals surface area contributed by atoms with Gasteiger partial charge in [0.25, 0.3) is 0 Å². The molecular formula is C16H17N3S. The molecule has 1 aliphatic rings. The number of anilines is 2. The summed E-state index contributed by atoms with van der Waals surface area (Å²) in [7, 11) is 0. The van der Waals surface area contributed by atoms with Gasteiger partial charge in [0.15, 0.2) is 0 Å². The first-order chi connectivity index (χ1) is 9.78. The molecule has 0 radical (unpaired) electrons. The molecule has 1 aliphatic carbocycles. The molecule has 102 valence electrons. The van der Waals surface area contributed by atoms with Crippen LogP contribution in [0.3, 0.4) is 0 Å². The Hall–Kier alpha value is -1.99. The summed E-state index contributed by atoms with van der Waals surface area (Å²) in [4.78, 5) is 2.43. The fourth-order valence-electron chi connectivity index (χ4n) is 2.41. The standard InChI is InChI=1S/C16H17N3S/c17-7-5-13-9-15(3-4-16(13)18)19(14-1-2-14)10-12-6-8-20-11-12/h3-4,6,8-9,11,14H,1-2,5,10,18H2. The van der Waals surface area contributed by atoms with E-state index in [9.17, 15) is 0 Å². The van der Waals surface area contributed by atoms with Gasteiger partial charge in [-0.15, -0.1) is 0 Å². The first kappa shape index (κ1) is 13.0. The van der Waals surface area contributed by atoms with Crippen molar-refractivity contribution < 1.29 is 0 Å². The Morgan fingerprint density at radius 1 is 1.35 bits per heavy atom. The van der Waals surface area contributed by atoms with Gasteiger partial charge in [-0.1, -0.05) is 0 Å². The van der Waals surface area contributed by atoms with Gasteiger partial charge in [0, 0.05) is 24.0 Å². The maximum absolute atomic E-state index is 8.88. The summed E-state index contributed by atoms with van der Waals surface area (Å²) >= 11 is 1.73. The number of benzene rings is 1. The van der Waals surface area contributed by atoms with Gasteiger partial charge < -0.3 is 10.6 Å². The molecule has 1 fully saturated rings. The Morgan fingerprint density at radius 2 is 2.20 bits per heavy atom. The molecule has 2 N–H and O–H groups in total. The molecule has 0 unspecified atom stereocenters. The normalized spacial score (nSPS) is 13.9. The highest BCUT2D eigenvalue weighted by Crippen LogP contribution is 2.34. The highest BCUT2D eigenvalue weighted by atomic mass is 32.1. The molecule has 3 nitrogen and oxygen atoms in total. The van der Waals surface area contributed by atoms with Crippen molar-refractivity contribution in [2.45, 2.75) is 31.8 Å². The molecule has 0 spiro atoms. The highest BCUT2D eigenvalue weighted by molar-refractivity contribution is 7.07. The topological polar surface area (TPSA) is 53.0 Å². The molecule has 0 atom stereocenters. The molecule has 0 aliphatic heterocycles. The summed E-state index contributed by atoms with van der Waals surface area (Å²) in [5.74, 6) is 0. The van der Waals surface area contributed by atoms with Gasteiger partial charge in [0.2, 0.25) is 0 Å². The third-order valence-electron chi connectivity index (χ3n) is 3.65. The van der Waals surface area contributed by atoms with Crippen LogP contribution < -0.4 is 10.6 Å². The number of nitriles is 1. The molecule has 1 saturated carbocycles. The van der Waals surface area contributed by atoms with E-state index in [4.69, 9.17) is 11.0 Å². The average Bonchev–Trinajstić information content (AvgIpc) is 3.16. The van der Waals surface area contributed by atoms with E-state index in [1.54, 1.807) is 11.3 Å². The van der Waals surface area contributed by atoms with Crippen LogP contribution in [0.25, 0.3) is 0 Å². The lowest BCUT2D eigenvalue weighted by Gasteiger charge is -2.25. The zero-order valence-electron chi connectivity index (χ0n) is 11.2. The van der Waals surface area contributed by atoms with Gasteiger partial charge in [-0.05, 0) is 59.0 Å². The number of hydrogen-bond acceptors (Lipinski definition) is 4. The summed E-state index contributed by atoms with van der Waals surface area (Å²) in [6.45, 7) is 0.935. The minimum absolute atomic E-state index is 0.372. The summed E-state index contributed by atoms with van der Waals surface area (Å²) in [6.07, 6.45) is 2.88. The van der Waals surface area contributed by atoms with Crippen LogP contribution in [0.15, 0.2) is 35.0 Å². The summed E-state index contributed by atoms with van der Waals surface area (Å²) in [5, 5.41) is 13.2. The number of hydrogen-bond donors (Lipinski definition) is 1. The van der Waals surface area contributed by atoms with E-state index in [1.165, 1.54) is 24.1 Å². The molecule has 0 saturated heterocycles. The molecule has 1 aromatic carbocycles. The molecule has 4 heteroatoms. The molecular weight excluding hydrogens is 266 g/mol. The minimum atomic E-state index is 0.372. The zero-order valence-corrected chi connectivity index (χ0v) is 12.1. The SMILES string of the molecule is N#CCc1cc(N(Cc2ccsc2)C2CC2)ccc1N.